The average molecular weight is 221 g/mol. The third-order valence-electron chi connectivity index (χ3n) is 2.60. The number of hydrogen-bond acceptors (Lipinski definition) is 6. The van der Waals surface area contributed by atoms with Gasteiger partial charge in [0.05, 0.1) is 12.7 Å². The van der Waals surface area contributed by atoms with Gasteiger partial charge in [-0.1, -0.05) is 0 Å². The second kappa shape index (κ2) is 5.20. The molecule has 1 unspecified atom stereocenters. The van der Waals surface area contributed by atoms with Crippen molar-refractivity contribution in [3.63, 3.8) is 0 Å². The van der Waals surface area contributed by atoms with Gasteiger partial charge in [0.2, 0.25) is 0 Å². The predicted molar refractivity (Wildman–Crippen MR) is 52.0 cm³/mol. The number of hydrogen-bond donors (Lipinski definition) is 5. The predicted octanol–water partition coefficient (Wildman–Crippen LogP) is -2.43. The Morgan fingerprint density at radius 3 is 2.13 bits per heavy atom. The molecule has 1 aliphatic rings. The molecule has 6 N–H and O–H groups in total. The van der Waals surface area contributed by atoms with E-state index in [0.717, 1.165) is 0 Å². The minimum atomic E-state index is -1.31. The van der Waals surface area contributed by atoms with Crippen LogP contribution in [-0.2, 0) is 4.74 Å². The van der Waals surface area contributed by atoms with Crippen LogP contribution in [0.25, 0.3) is 0 Å². The van der Waals surface area contributed by atoms with E-state index >= 15 is 0 Å². The summed E-state index contributed by atoms with van der Waals surface area (Å²) in [5.41, 5.74) is 5.55. The Bertz CT molecular complexity index is 199. The summed E-state index contributed by atoms with van der Waals surface area (Å²) >= 11 is 0. The van der Waals surface area contributed by atoms with Crippen LogP contribution < -0.4 is 5.73 Å². The van der Waals surface area contributed by atoms with Crippen LogP contribution in [0.15, 0.2) is 0 Å². The first-order chi connectivity index (χ1) is 6.97. The molecule has 1 aliphatic heterocycles. The standard InChI is InChI=1S/C9H19NO5/c1-4(10)2-5-7(12)9(14)8(13)6(3-11)15-5/h4-9,11-14H,2-3,10H2,1H3/t4?,5-,6+,7-,8+,9+/m0/s1. The highest BCUT2D eigenvalue weighted by molar-refractivity contribution is 4.92. The van der Waals surface area contributed by atoms with E-state index in [1.54, 1.807) is 6.92 Å². The topological polar surface area (TPSA) is 116 Å². The molecular formula is C9H19NO5. The van der Waals surface area contributed by atoms with Gasteiger partial charge in [-0.15, -0.1) is 0 Å². The van der Waals surface area contributed by atoms with Crippen LogP contribution in [0.2, 0.25) is 0 Å². The van der Waals surface area contributed by atoms with Crippen LogP contribution >= 0.6 is 0 Å². The van der Waals surface area contributed by atoms with Gasteiger partial charge in [-0.05, 0) is 13.3 Å². The van der Waals surface area contributed by atoms with Crippen molar-refractivity contribution in [3.8, 4) is 0 Å². The Labute approximate surface area is 88.3 Å². The Morgan fingerprint density at radius 2 is 1.67 bits per heavy atom. The Morgan fingerprint density at radius 1 is 1.13 bits per heavy atom. The highest BCUT2D eigenvalue weighted by Gasteiger charge is 2.43. The first-order valence-corrected chi connectivity index (χ1v) is 5.03. The number of nitrogens with two attached hydrogens (primary N) is 1. The summed E-state index contributed by atoms with van der Waals surface area (Å²) in [6.45, 7) is 1.35. The quantitative estimate of drug-likeness (QED) is 0.362. The average Bonchev–Trinajstić information content (AvgIpc) is 2.18. The van der Waals surface area contributed by atoms with Gasteiger partial charge >= 0.3 is 0 Å². The molecule has 0 bridgehead atoms. The van der Waals surface area contributed by atoms with E-state index in [1.807, 2.05) is 0 Å². The third kappa shape index (κ3) is 2.87. The molecule has 6 heteroatoms. The van der Waals surface area contributed by atoms with E-state index in [2.05, 4.69) is 0 Å². The zero-order valence-electron chi connectivity index (χ0n) is 8.65. The SMILES string of the molecule is CC(N)C[C@@H]1O[C@H](CO)[C@@H](O)[C@H](O)[C@H]1O. The van der Waals surface area contributed by atoms with Crippen molar-refractivity contribution in [1.82, 2.24) is 0 Å². The summed E-state index contributed by atoms with van der Waals surface area (Å²) in [5.74, 6) is 0. The molecule has 0 amide bonds. The van der Waals surface area contributed by atoms with Crippen molar-refractivity contribution in [2.75, 3.05) is 6.61 Å². The van der Waals surface area contributed by atoms with Gasteiger partial charge < -0.3 is 30.9 Å². The fourth-order valence-corrected chi connectivity index (χ4v) is 1.74. The lowest BCUT2D eigenvalue weighted by atomic mass is 9.92. The van der Waals surface area contributed by atoms with Crippen LogP contribution in [0, 0.1) is 0 Å². The molecule has 6 atom stereocenters. The molecule has 0 aromatic rings. The zero-order valence-corrected chi connectivity index (χ0v) is 8.65. The summed E-state index contributed by atoms with van der Waals surface area (Å²) in [6.07, 6.45) is -4.91. The number of ether oxygens (including phenoxy) is 1. The lowest BCUT2D eigenvalue weighted by Crippen LogP contribution is -2.59. The Hall–Kier alpha value is -0.240. The van der Waals surface area contributed by atoms with E-state index in [9.17, 15) is 15.3 Å². The maximum Gasteiger partial charge on any atom is 0.111 e. The molecule has 0 spiro atoms. The van der Waals surface area contributed by atoms with E-state index in [0.29, 0.717) is 6.42 Å². The fraction of sp³-hybridized carbons (Fsp3) is 1.00. The van der Waals surface area contributed by atoms with E-state index < -0.39 is 37.1 Å². The highest BCUT2D eigenvalue weighted by atomic mass is 16.5. The first kappa shape index (κ1) is 12.8. The molecule has 0 aromatic carbocycles. The van der Waals surface area contributed by atoms with Gasteiger partial charge in [0.1, 0.15) is 24.4 Å². The molecule has 1 saturated heterocycles. The second-order valence-electron chi connectivity index (χ2n) is 4.08. The number of rotatable bonds is 3. The van der Waals surface area contributed by atoms with Gasteiger partial charge in [0.25, 0.3) is 0 Å². The number of aliphatic hydroxyl groups excluding tert-OH is 4. The zero-order chi connectivity index (χ0) is 11.6. The molecule has 0 aliphatic carbocycles. The van der Waals surface area contributed by atoms with E-state index in [-0.39, 0.29) is 6.04 Å². The molecule has 15 heavy (non-hydrogen) atoms. The molecule has 1 heterocycles. The van der Waals surface area contributed by atoms with Gasteiger partial charge in [-0.25, -0.2) is 0 Å². The first-order valence-electron chi connectivity index (χ1n) is 5.03. The van der Waals surface area contributed by atoms with Gasteiger partial charge in [-0.3, -0.25) is 0 Å². The molecule has 90 valence electrons. The molecule has 6 nitrogen and oxygen atoms in total. The lowest BCUT2D eigenvalue weighted by Gasteiger charge is -2.40. The van der Waals surface area contributed by atoms with Crippen molar-refractivity contribution < 1.29 is 25.2 Å². The monoisotopic (exact) mass is 221 g/mol. The van der Waals surface area contributed by atoms with Crippen molar-refractivity contribution in [2.45, 2.75) is 49.9 Å². The smallest absolute Gasteiger partial charge is 0.111 e. The van der Waals surface area contributed by atoms with Crippen LogP contribution in [0.1, 0.15) is 13.3 Å². The minimum absolute atomic E-state index is 0.188. The summed E-state index contributed by atoms with van der Waals surface area (Å²) in [6, 6.07) is -0.188. The third-order valence-corrected chi connectivity index (χ3v) is 2.60. The second-order valence-corrected chi connectivity index (χ2v) is 4.08. The number of aliphatic hydroxyl groups is 4. The maximum atomic E-state index is 9.60. The Balaban J connectivity index is 2.65. The molecule has 0 aromatic heterocycles. The van der Waals surface area contributed by atoms with Crippen molar-refractivity contribution in [2.24, 2.45) is 5.73 Å². The highest BCUT2D eigenvalue weighted by Crippen LogP contribution is 2.23. The largest absolute Gasteiger partial charge is 0.394 e. The van der Waals surface area contributed by atoms with Crippen LogP contribution in [0.4, 0.5) is 0 Å². The van der Waals surface area contributed by atoms with Crippen LogP contribution in [-0.4, -0.2) is 63.6 Å². The van der Waals surface area contributed by atoms with Gasteiger partial charge in [-0.2, -0.15) is 0 Å². The molecule has 0 radical (unpaired) electrons. The minimum Gasteiger partial charge on any atom is -0.394 e. The molecule has 1 rings (SSSR count). The Kier molecular flexibility index (Phi) is 4.45. The van der Waals surface area contributed by atoms with E-state index in [4.69, 9.17) is 15.6 Å². The van der Waals surface area contributed by atoms with Crippen molar-refractivity contribution in [3.05, 3.63) is 0 Å². The fourth-order valence-electron chi connectivity index (χ4n) is 1.74. The van der Waals surface area contributed by atoms with Crippen molar-refractivity contribution >= 4 is 0 Å². The molecular weight excluding hydrogens is 202 g/mol. The van der Waals surface area contributed by atoms with Crippen LogP contribution in [0.5, 0.6) is 0 Å². The van der Waals surface area contributed by atoms with Gasteiger partial charge in [0, 0.05) is 6.04 Å². The summed E-state index contributed by atoms with van der Waals surface area (Å²) in [4.78, 5) is 0. The summed E-state index contributed by atoms with van der Waals surface area (Å²) in [5, 5.41) is 37.4. The molecule has 1 fully saturated rings. The van der Waals surface area contributed by atoms with Crippen molar-refractivity contribution in [1.29, 1.82) is 0 Å². The normalized spacial score (nSPS) is 44.0. The van der Waals surface area contributed by atoms with Crippen LogP contribution in [0.3, 0.4) is 0 Å². The van der Waals surface area contributed by atoms with E-state index in [1.165, 1.54) is 0 Å². The van der Waals surface area contributed by atoms with Gasteiger partial charge in [0.15, 0.2) is 0 Å². The maximum absolute atomic E-state index is 9.60. The summed E-state index contributed by atoms with van der Waals surface area (Å²) < 4.78 is 5.25. The summed E-state index contributed by atoms with van der Waals surface area (Å²) in [7, 11) is 0. The lowest BCUT2D eigenvalue weighted by molar-refractivity contribution is -0.230. The molecule has 0 saturated carbocycles.